The maximum atomic E-state index is 11.1. The van der Waals surface area contributed by atoms with E-state index in [0.717, 1.165) is 0 Å². The summed E-state index contributed by atoms with van der Waals surface area (Å²) in [6, 6.07) is 11.3. The van der Waals surface area contributed by atoms with E-state index in [4.69, 9.17) is 0 Å². The van der Waals surface area contributed by atoms with Crippen molar-refractivity contribution in [2.75, 3.05) is 6.61 Å². The van der Waals surface area contributed by atoms with Crippen LogP contribution in [0.25, 0.3) is 10.8 Å². The largest absolute Gasteiger partial charge is 0.391 e. The van der Waals surface area contributed by atoms with Crippen LogP contribution in [0.4, 0.5) is 0 Å². The van der Waals surface area contributed by atoms with E-state index in [9.17, 15) is 35.7 Å². The number of rotatable bonds is 2. The van der Waals surface area contributed by atoms with Crippen molar-refractivity contribution in [1.29, 1.82) is 0 Å². The number of fused-ring (bicyclic) bond motifs is 1. The lowest BCUT2D eigenvalue weighted by Crippen LogP contribution is -2.75. The first-order valence-electron chi connectivity index (χ1n) is 7.22. The standard InChI is InChI=1S/C16H18O8/c17-8-14(20)15(21,12(18)13(19)16(22,23)24-14)11-7-3-5-9-4-1-2-6-10(9)11/h1-7,12-13,17-23H,8H2. The van der Waals surface area contributed by atoms with Gasteiger partial charge in [0.15, 0.2) is 11.7 Å². The third kappa shape index (κ3) is 2.17. The van der Waals surface area contributed by atoms with Gasteiger partial charge >= 0.3 is 5.97 Å². The van der Waals surface area contributed by atoms with Crippen LogP contribution in [-0.4, -0.2) is 66.3 Å². The highest BCUT2D eigenvalue weighted by molar-refractivity contribution is 5.86. The maximum absolute atomic E-state index is 11.1. The molecule has 8 heteroatoms. The van der Waals surface area contributed by atoms with Gasteiger partial charge in [0.05, 0.1) is 0 Å². The molecule has 2 aromatic rings. The molecule has 1 fully saturated rings. The second kappa shape index (κ2) is 5.45. The zero-order valence-corrected chi connectivity index (χ0v) is 12.4. The molecule has 7 N–H and O–H groups in total. The number of aliphatic hydroxyl groups excluding tert-OH is 3. The topological polar surface area (TPSA) is 151 Å². The van der Waals surface area contributed by atoms with Gasteiger partial charge in [0, 0.05) is 0 Å². The van der Waals surface area contributed by atoms with Crippen LogP contribution in [0.5, 0.6) is 0 Å². The van der Waals surface area contributed by atoms with Crippen LogP contribution in [0.15, 0.2) is 42.5 Å². The minimum absolute atomic E-state index is 0.0563. The Labute approximate surface area is 136 Å². The van der Waals surface area contributed by atoms with Crippen LogP contribution in [0.2, 0.25) is 0 Å². The van der Waals surface area contributed by atoms with Crippen molar-refractivity contribution in [2.45, 2.75) is 29.6 Å². The average molecular weight is 338 g/mol. The maximum Gasteiger partial charge on any atom is 0.310 e. The monoisotopic (exact) mass is 338 g/mol. The molecule has 4 atom stereocenters. The van der Waals surface area contributed by atoms with Crippen molar-refractivity contribution in [1.82, 2.24) is 0 Å². The van der Waals surface area contributed by atoms with Gasteiger partial charge in [0.1, 0.15) is 12.7 Å². The lowest BCUT2D eigenvalue weighted by molar-refractivity contribution is -0.517. The molecular formula is C16H18O8. The van der Waals surface area contributed by atoms with Crippen LogP contribution in [0.1, 0.15) is 5.56 Å². The molecule has 0 aromatic heterocycles. The molecule has 0 bridgehead atoms. The zero-order valence-electron chi connectivity index (χ0n) is 12.4. The molecule has 0 radical (unpaired) electrons. The number of hydrogen-bond donors (Lipinski definition) is 7. The van der Waals surface area contributed by atoms with Crippen molar-refractivity contribution < 1.29 is 40.5 Å². The minimum Gasteiger partial charge on any atom is -0.391 e. The highest BCUT2D eigenvalue weighted by Crippen LogP contribution is 2.47. The minimum atomic E-state index is -3.37. The first-order valence-corrected chi connectivity index (χ1v) is 7.22. The first kappa shape index (κ1) is 17.2. The third-order valence-corrected chi connectivity index (χ3v) is 4.44. The van der Waals surface area contributed by atoms with Crippen molar-refractivity contribution in [3.63, 3.8) is 0 Å². The Morgan fingerprint density at radius 3 is 2.17 bits per heavy atom. The van der Waals surface area contributed by atoms with E-state index in [1.807, 2.05) is 0 Å². The van der Waals surface area contributed by atoms with Gasteiger partial charge in [0.2, 0.25) is 5.79 Å². The number of benzene rings is 2. The predicted molar refractivity (Wildman–Crippen MR) is 80.1 cm³/mol. The van der Waals surface area contributed by atoms with Gasteiger partial charge in [-0.05, 0) is 16.3 Å². The van der Waals surface area contributed by atoms with Crippen LogP contribution < -0.4 is 0 Å². The Balaban J connectivity index is 2.29. The van der Waals surface area contributed by atoms with E-state index >= 15 is 0 Å². The lowest BCUT2D eigenvalue weighted by Gasteiger charge is -2.53. The Hall–Kier alpha value is -1.62. The van der Waals surface area contributed by atoms with Crippen LogP contribution in [0, 0.1) is 0 Å². The van der Waals surface area contributed by atoms with Crippen LogP contribution in [-0.2, 0) is 10.3 Å². The second-order valence-electron chi connectivity index (χ2n) is 5.89. The van der Waals surface area contributed by atoms with Gasteiger partial charge in [-0.1, -0.05) is 42.5 Å². The fourth-order valence-electron chi connectivity index (χ4n) is 3.13. The summed E-state index contributed by atoms with van der Waals surface area (Å²) >= 11 is 0. The summed E-state index contributed by atoms with van der Waals surface area (Å²) in [5.74, 6) is -6.35. The summed E-state index contributed by atoms with van der Waals surface area (Å²) in [6.07, 6.45) is -4.64. The summed E-state index contributed by atoms with van der Waals surface area (Å²) in [5, 5.41) is 71.6. The SMILES string of the molecule is OCC1(O)OC(O)(O)C(O)C(O)C1(O)c1cccc2ccccc12. The van der Waals surface area contributed by atoms with Crippen molar-refractivity contribution in [3.8, 4) is 0 Å². The first-order chi connectivity index (χ1) is 11.2. The molecule has 1 saturated heterocycles. The van der Waals surface area contributed by atoms with Crippen LogP contribution in [0.3, 0.4) is 0 Å². The molecule has 0 saturated carbocycles. The Bertz CT molecular complexity index is 757. The summed E-state index contributed by atoms with van der Waals surface area (Å²) < 4.78 is 4.57. The van der Waals surface area contributed by atoms with Gasteiger partial charge in [-0.25, -0.2) is 0 Å². The normalized spacial score (nSPS) is 36.0. The summed E-state index contributed by atoms with van der Waals surface area (Å²) in [4.78, 5) is 0. The Kier molecular flexibility index (Phi) is 3.91. The number of aliphatic hydroxyl groups is 7. The summed E-state index contributed by atoms with van der Waals surface area (Å²) in [5.41, 5.74) is -2.80. The zero-order chi connectivity index (χ0) is 17.8. The van der Waals surface area contributed by atoms with Gasteiger partial charge in [-0.2, -0.15) is 0 Å². The fraction of sp³-hybridized carbons (Fsp3) is 0.375. The van der Waals surface area contributed by atoms with Gasteiger partial charge in [-0.15, -0.1) is 0 Å². The van der Waals surface area contributed by atoms with Gasteiger partial charge in [0.25, 0.3) is 0 Å². The molecule has 4 unspecified atom stereocenters. The average Bonchev–Trinajstić information content (AvgIpc) is 2.57. The molecular weight excluding hydrogens is 320 g/mol. The summed E-state index contributed by atoms with van der Waals surface area (Å²) in [7, 11) is 0. The lowest BCUT2D eigenvalue weighted by atomic mass is 9.74. The van der Waals surface area contributed by atoms with Crippen molar-refractivity contribution >= 4 is 10.8 Å². The van der Waals surface area contributed by atoms with Gasteiger partial charge < -0.3 is 35.7 Å². The third-order valence-electron chi connectivity index (χ3n) is 4.44. The second-order valence-corrected chi connectivity index (χ2v) is 5.89. The predicted octanol–water partition coefficient (Wildman–Crippen LogP) is -1.90. The molecule has 24 heavy (non-hydrogen) atoms. The Morgan fingerprint density at radius 2 is 1.50 bits per heavy atom. The highest BCUT2D eigenvalue weighted by Gasteiger charge is 2.69. The fourth-order valence-corrected chi connectivity index (χ4v) is 3.13. The van der Waals surface area contributed by atoms with Crippen molar-refractivity contribution in [2.24, 2.45) is 0 Å². The molecule has 1 aliphatic rings. The summed E-state index contributed by atoms with van der Waals surface area (Å²) in [6.45, 7) is -1.28. The van der Waals surface area contributed by atoms with E-state index < -0.39 is 36.2 Å². The molecule has 3 rings (SSSR count). The molecule has 8 nitrogen and oxygen atoms in total. The highest BCUT2D eigenvalue weighted by atomic mass is 16.8. The van der Waals surface area contributed by atoms with E-state index in [-0.39, 0.29) is 5.56 Å². The van der Waals surface area contributed by atoms with Gasteiger partial charge in [-0.3, -0.25) is 4.74 Å². The quantitative estimate of drug-likeness (QED) is 0.314. The Morgan fingerprint density at radius 1 is 0.875 bits per heavy atom. The van der Waals surface area contributed by atoms with E-state index in [0.29, 0.717) is 10.8 Å². The molecule has 0 aliphatic carbocycles. The molecule has 1 aliphatic heterocycles. The molecule has 0 amide bonds. The molecule has 2 aromatic carbocycles. The molecule has 1 heterocycles. The van der Waals surface area contributed by atoms with E-state index in [1.54, 1.807) is 30.3 Å². The smallest absolute Gasteiger partial charge is 0.310 e. The van der Waals surface area contributed by atoms with Crippen LogP contribution >= 0.6 is 0 Å². The molecule has 130 valence electrons. The van der Waals surface area contributed by atoms with Crippen molar-refractivity contribution in [3.05, 3.63) is 48.0 Å². The number of ether oxygens (including phenoxy) is 1. The van der Waals surface area contributed by atoms with E-state index in [2.05, 4.69) is 4.74 Å². The number of hydrogen-bond acceptors (Lipinski definition) is 8. The molecule has 0 spiro atoms. The van der Waals surface area contributed by atoms with E-state index in [1.165, 1.54) is 12.1 Å².